The number of likely N-dealkylation sites (N-methyl/N-ethyl adjacent to an activating group) is 1. The van der Waals surface area contributed by atoms with Crippen molar-refractivity contribution in [2.24, 2.45) is 0 Å². The summed E-state index contributed by atoms with van der Waals surface area (Å²) in [4.78, 5) is 27.7. The van der Waals surface area contributed by atoms with Crippen molar-refractivity contribution in [1.29, 1.82) is 0 Å². The van der Waals surface area contributed by atoms with E-state index in [-0.39, 0.29) is 25.0 Å². The number of hydrogen-bond donors (Lipinski definition) is 1. The first kappa shape index (κ1) is 24.9. The standard InChI is InChI=1S/C25H23Cl3N2O3/c1-29-25(32)22(14-17-7-3-2-4-8-17)30(15-18-11-12-19(26)21(28)13-18)24(31)16-33-23-10-6-5-9-20(23)27/h2-13,22H,14-16H2,1H3,(H,29,32)/t22-/m1/s1. The number of halogens is 3. The zero-order chi connectivity index (χ0) is 23.8. The first-order valence-corrected chi connectivity index (χ1v) is 11.4. The van der Waals surface area contributed by atoms with Crippen LogP contribution in [0.4, 0.5) is 0 Å². The summed E-state index contributed by atoms with van der Waals surface area (Å²) >= 11 is 18.4. The molecule has 0 spiro atoms. The van der Waals surface area contributed by atoms with Crippen molar-refractivity contribution in [2.75, 3.05) is 13.7 Å². The molecule has 0 aliphatic rings. The minimum absolute atomic E-state index is 0.145. The van der Waals surface area contributed by atoms with E-state index in [2.05, 4.69) is 5.32 Å². The number of carbonyl (C=O) groups excluding carboxylic acids is 2. The van der Waals surface area contributed by atoms with Gasteiger partial charge in [0.1, 0.15) is 11.8 Å². The number of nitrogens with zero attached hydrogens (tertiary/aromatic N) is 1. The zero-order valence-corrected chi connectivity index (χ0v) is 20.2. The smallest absolute Gasteiger partial charge is 0.261 e. The zero-order valence-electron chi connectivity index (χ0n) is 17.9. The van der Waals surface area contributed by atoms with Crippen LogP contribution in [0.3, 0.4) is 0 Å². The van der Waals surface area contributed by atoms with Crippen LogP contribution in [0.15, 0.2) is 72.8 Å². The van der Waals surface area contributed by atoms with Crippen molar-refractivity contribution >= 4 is 46.6 Å². The number of para-hydroxylation sites is 1. The molecule has 0 aromatic heterocycles. The summed E-state index contributed by atoms with van der Waals surface area (Å²) in [6.45, 7) is -0.139. The second-order valence-corrected chi connectivity index (χ2v) is 8.53. The highest BCUT2D eigenvalue weighted by atomic mass is 35.5. The third-order valence-electron chi connectivity index (χ3n) is 5.04. The Labute approximate surface area is 208 Å². The molecular formula is C25H23Cl3N2O3. The lowest BCUT2D eigenvalue weighted by atomic mass is 10.0. The van der Waals surface area contributed by atoms with Gasteiger partial charge in [0.05, 0.1) is 15.1 Å². The summed E-state index contributed by atoms with van der Waals surface area (Å²) in [6, 6.07) is 20.8. The molecule has 2 amide bonds. The summed E-state index contributed by atoms with van der Waals surface area (Å²) in [5, 5.41) is 3.84. The Hall–Kier alpha value is -2.73. The molecule has 1 atom stereocenters. The second-order valence-electron chi connectivity index (χ2n) is 7.31. The van der Waals surface area contributed by atoms with E-state index in [0.717, 1.165) is 11.1 Å². The maximum atomic E-state index is 13.4. The van der Waals surface area contributed by atoms with Crippen LogP contribution < -0.4 is 10.1 Å². The van der Waals surface area contributed by atoms with Gasteiger partial charge in [0.15, 0.2) is 6.61 Å². The van der Waals surface area contributed by atoms with E-state index in [9.17, 15) is 9.59 Å². The molecular weight excluding hydrogens is 483 g/mol. The molecule has 0 aliphatic carbocycles. The monoisotopic (exact) mass is 504 g/mol. The predicted molar refractivity (Wildman–Crippen MR) is 132 cm³/mol. The normalized spacial score (nSPS) is 11.5. The van der Waals surface area contributed by atoms with Crippen LogP contribution in [-0.2, 0) is 22.6 Å². The van der Waals surface area contributed by atoms with Gasteiger partial charge in [-0.1, -0.05) is 83.3 Å². The van der Waals surface area contributed by atoms with Gasteiger partial charge in [-0.3, -0.25) is 9.59 Å². The van der Waals surface area contributed by atoms with E-state index < -0.39 is 6.04 Å². The third-order valence-corrected chi connectivity index (χ3v) is 6.09. The molecule has 0 saturated heterocycles. The minimum atomic E-state index is -0.769. The molecule has 33 heavy (non-hydrogen) atoms. The molecule has 3 aromatic carbocycles. The summed E-state index contributed by atoms with van der Waals surface area (Å²) < 4.78 is 5.67. The average Bonchev–Trinajstić information content (AvgIpc) is 2.83. The van der Waals surface area contributed by atoms with E-state index in [1.165, 1.54) is 4.90 Å². The van der Waals surface area contributed by atoms with Crippen LogP contribution in [0.1, 0.15) is 11.1 Å². The molecule has 0 fully saturated rings. The molecule has 3 rings (SSSR count). The van der Waals surface area contributed by atoms with Gasteiger partial charge in [-0.25, -0.2) is 0 Å². The number of nitrogens with one attached hydrogen (secondary N) is 1. The Balaban J connectivity index is 1.90. The molecule has 172 valence electrons. The predicted octanol–water partition coefficient (Wildman–Crippen LogP) is 5.41. The van der Waals surface area contributed by atoms with Gasteiger partial charge in [-0.05, 0) is 35.4 Å². The number of rotatable bonds is 9. The summed E-state index contributed by atoms with van der Waals surface area (Å²) in [5.41, 5.74) is 1.66. The van der Waals surface area contributed by atoms with Crippen LogP contribution in [-0.4, -0.2) is 36.4 Å². The second kappa shape index (κ2) is 11.9. The molecule has 5 nitrogen and oxygen atoms in total. The van der Waals surface area contributed by atoms with Crippen molar-refractivity contribution in [1.82, 2.24) is 10.2 Å². The van der Waals surface area contributed by atoms with Gasteiger partial charge < -0.3 is 15.0 Å². The maximum Gasteiger partial charge on any atom is 0.261 e. The van der Waals surface area contributed by atoms with Crippen molar-refractivity contribution in [3.05, 3.63) is 99.0 Å². The molecule has 3 aromatic rings. The SMILES string of the molecule is CNC(=O)[C@@H](Cc1ccccc1)N(Cc1ccc(Cl)c(Cl)c1)C(=O)COc1ccccc1Cl. The highest BCUT2D eigenvalue weighted by Gasteiger charge is 2.30. The molecule has 8 heteroatoms. The van der Waals surface area contributed by atoms with Crippen LogP contribution in [0, 0.1) is 0 Å². The van der Waals surface area contributed by atoms with Crippen molar-refractivity contribution < 1.29 is 14.3 Å². The summed E-state index contributed by atoms with van der Waals surface area (Å²) in [7, 11) is 1.54. The molecule has 0 bridgehead atoms. The van der Waals surface area contributed by atoms with Gasteiger partial charge in [-0.15, -0.1) is 0 Å². The highest BCUT2D eigenvalue weighted by molar-refractivity contribution is 6.42. The molecule has 0 aliphatic heterocycles. The van der Waals surface area contributed by atoms with Crippen molar-refractivity contribution in [3.63, 3.8) is 0 Å². The van der Waals surface area contributed by atoms with Crippen LogP contribution in [0.25, 0.3) is 0 Å². The third kappa shape index (κ3) is 6.87. The van der Waals surface area contributed by atoms with E-state index in [4.69, 9.17) is 39.5 Å². The fourth-order valence-electron chi connectivity index (χ4n) is 3.34. The van der Waals surface area contributed by atoms with Crippen LogP contribution in [0.5, 0.6) is 5.75 Å². The van der Waals surface area contributed by atoms with Gasteiger partial charge in [-0.2, -0.15) is 0 Å². The first-order chi connectivity index (χ1) is 15.9. The summed E-state index contributed by atoms with van der Waals surface area (Å²) in [6.07, 6.45) is 0.333. The highest BCUT2D eigenvalue weighted by Crippen LogP contribution is 2.25. The molecule has 0 saturated carbocycles. The number of ether oxygens (including phenoxy) is 1. The lowest BCUT2D eigenvalue weighted by Gasteiger charge is -2.31. The van der Waals surface area contributed by atoms with E-state index in [1.807, 2.05) is 30.3 Å². The van der Waals surface area contributed by atoms with Gasteiger partial charge in [0.2, 0.25) is 5.91 Å². The largest absolute Gasteiger partial charge is 0.482 e. The Kier molecular flexibility index (Phi) is 9.01. The topological polar surface area (TPSA) is 58.6 Å². The fourth-order valence-corrected chi connectivity index (χ4v) is 3.85. The number of carbonyl (C=O) groups is 2. The number of hydrogen-bond acceptors (Lipinski definition) is 3. The summed E-state index contributed by atoms with van der Waals surface area (Å²) in [5.74, 6) is -0.267. The van der Waals surface area contributed by atoms with E-state index >= 15 is 0 Å². The van der Waals surface area contributed by atoms with Crippen LogP contribution >= 0.6 is 34.8 Å². The molecule has 0 heterocycles. The minimum Gasteiger partial charge on any atom is -0.482 e. The Morgan fingerprint density at radius 3 is 2.24 bits per heavy atom. The molecule has 1 N–H and O–H groups in total. The van der Waals surface area contributed by atoms with Crippen molar-refractivity contribution in [2.45, 2.75) is 19.0 Å². The van der Waals surface area contributed by atoms with E-state index in [1.54, 1.807) is 49.5 Å². The molecule has 0 radical (unpaired) electrons. The average molecular weight is 506 g/mol. The lowest BCUT2D eigenvalue weighted by Crippen LogP contribution is -2.51. The molecule has 0 unspecified atom stereocenters. The quantitative estimate of drug-likeness (QED) is 0.423. The Bertz CT molecular complexity index is 1110. The Morgan fingerprint density at radius 1 is 0.879 bits per heavy atom. The maximum absolute atomic E-state index is 13.4. The van der Waals surface area contributed by atoms with Crippen molar-refractivity contribution in [3.8, 4) is 5.75 Å². The van der Waals surface area contributed by atoms with Crippen LogP contribution in [0.2, 0.25) is 15.1 Å². The van der Waals surface area contributed by atoms with Gasteiger partial charge >= 0.3 is 0 Å². The first-order valence-electron chi connectivity index (χ1n) is 10.2. The van der Waals surface area contributed by atoms with E-state index in [0.29, 0.717) is 27.2 Å². The Morgan fingerprint density at radius 2 is 1.58 bits per heavy atom. The number of amides is 2. The fraction of sp³-hybridized carbons (Fsp3) is 0.200. The lowest BCUT2D eigenvalue weighted by molar-refractivity contribution is -0.142. The number of benzene rings is 3. The van der Waals surface area contributed by atoms with Gasteiger partial charge in [0, 0.05) is 20.0 Å². The van der Waals surface area contributed by atoms with Gasteiger partial charge in [0.25, 0.3) is 5.91 Å².